The van der Waals surface area contributed by atoms with Gasteiger partial charge < -0.3 is 5.32 Å². The molecule has 94 valence electrons. The van der Waals surface area contributed by atoms with Gasteiger partial charge in [0.1, 0.15) is 17.5 Å². The van der Waals surface area contributed by atoms with Crippen LogP contribution >= 0.6 is 27.5 Å². The summed E-state index contributed by atoms with van der Waals surface area (Å²) in [5.74, 6) is 0.780. The van der Waals surface area contributed by atoms with Crippen LogP contribution in [0.25, 0.3) is 0 Å². The number of rotatable bonds is 3. The maximum Gasteiger partial charge on any atom is 0.145 e. The molecule has 0 radical (unpaired) electrons. The van der Waals surface area contributed by atoms with Crippen molar-refractivity contribution in [2.24, 2.45) is 0 Å². The highest BCUT2D eigenvalue weighted by atomic mass is 79.9. The quantitative estimate of drug-likeness (QED) is 0.933. The van der Waals surface area contributed by atoms with Crippen molar-refractivity contribution in [2.75, 3.05) is 12.4 Å². The van der Waals surface area contributed by atoms with E-state index in [1.807, 2.05) is 0 Å². The molecule has 2 rings (SSSR count). The summed E-state index contributed by atoms with van der Waals surface area (Å²) in [6.07, 6.45) is 1.94. The number of hydrogen-bond donors (Lipinski definition) is 1. The Kier molecular flexibility index (Phi) is 4.14. The van der Waals surface area contributed by atoms with Crippen molar-refractivity contribution in [1.29, 1.82) is 0 Å². The smallest absolute Gasteiger partial charge is 0.145 e. The van der Waals surface area contributed by atoms with Crippen LogP contribution in [0, 0.1) is 5.82 Å². The summed E-state index contributed by atoms with van der Waals surface area (Å²) in [6.45, 7) is 0. The molecule has 2 aromatic rings. The number of benzene rings is 1. The van der Waals surface area contributed by atoms with E-state index in [2.05, 4.69) is 31.2 Å². The minimum atomic E-state index is -0.420. The fraction of sp³-hybridized carbons (Fsp3) is 0.167. The van der Waals surface area contributed by atoms with Gasteiger partial charge in [0, 0.05) is 19.7 Å². The zero-order valence-corrected chi connectivity index (χ0v) is 11.9. The largest absolute Gasteiger partial charge is 0.372 e. The van der Waals surface area contributed by atoms with Crippen molar-refractivity contribution in [3.05, 3.63) is 51.1 Å². The first-order valence-electron chi connectivity index (χ1n) is 5.24. The van der Waals surface area contributed by atoms with E-state index in [9.17, 15) is 4.39 Å². The van der Waals surface area contributed by atoms with Gasteiger partial charge in [-0.1, -0.05) is 23.7 Å². The van der Waals surface area contributed by atoms with E-state index in [0.29, 0.717) is 23.6 Å². The van der Waals surface area contributed by atoms with E-state index in [4.69, 9.17) is 11.6 Å². The molecule has 0 amide bonds. The van der Waals surface area contributed by atoms with Crippen molar-refractivity contribution >= 4 is 33.3 Å². The fourth-order valence-corrected chi connectivity index (χ4v) is 2.10. The lowest BCUT2D eigenvalue weighted by Gasteiger charge is -2.06. The molecule has 0 aliphatic carbocycles. The minimum Gasteiger partial charge on any atom is -0.372 e. The maximum absolute atomic E-state index is 13.7. The Labute approximate surface area is 118 Å². The molecule has 0 unspecified atom stereocenters. The number of aromatic nitrogens is 2. The molecule has 3 nitrogen and oxygen atoms in total. The molecule has 1 heterocycles. The lowest BCUT2D eigenvalue weighted by atomic mass is 10.1. The van der Waals surface area contributed by atoms with Gasteiger partial charge in [0.15, 0.2) is 0 Å². The van der Waals surface area contributed by atoms with Gasteiger partial charge in [-0.25, -0.2) is 14.4 Å². The molecule has 0 atom stereocenters. The first-order valence-corrected chi connectivity index (χ1v) is 6.41. The van der Waals surface area contributed by atoms with Crippen LogP contribution in [0.1, 0.15) is 11.4 Å². The molecule has 0 bridgehead atoms. The Hall–Kier alpha value is -1.20. The molecule has 0 aliphatic heterocycles. The summed E-state index contributed by atoms with van der Waals surface area (Å²) in [5, 5.41) is 3.04. The molecule has 18 heavy (non-hydrogen) atoms. The summed E-state index contributed by atoms with van der Waals surface area (Å²) >= 11 is 9.05. The van der Waals surface area contributed by atoms with Crippen LogP contribution in [0.2, 0.25) is 5.02 Å². The lowest BCUT2D eigenvalue weighted by Crippen LogP contribution is -2.03. The van der Waals surface area contributed by atoms with Crippen molar-refractivity contribution in [2.45, 2.75) is 6.42 Å². The molecule has 0 aliphatic rings. The molecule has 0 spiro atoms. The van der Waals surface area contributed by atoms with Gasteiger partial charge in [-0.3, -0.25) is 0 Å². The fourth-order valence-electron chi connectivity index (χ4n) is 1.52. The average Bonchev–Trinajstić information content (AvgIpc) is 2.37. The molecule has 0 saturated heterocycles. The average molecular weight is 331 g/mol. The summed E-state index contributed by atoms with van der Waals surface area (Å²) < 4.78 is 14.5. The second-order valence-corrected chi connectivity index (χ2v) is 4.88. The van der Waals surface area contributed by atoms with E-state index < -0.39 is 5.82 Å². The Balaban J connectivity index is 2.31. The van der Waals surface area contributed by atoms with Gasteiger partial charge in [0.25, 0.3) is 0 Å². The normalized spacial score (nSPS) is 10.4. The molecular formula is C12H10BrClFN3. The molecule has 1 aromatic carbocycles. The number of halogens is 3. The molecular weight excluding hydrogens is 321 g/mol. The van der Waals surface area contributed by atoms with Crippen molar-refractivity contribution in [3.8, 4) is 0 Å². The highest BCUT2D eigenvalue weighted by molar-refractivity contribution is 9.10. The van der Waals surface area contributed by atoms with E-state index in [-0.39, 0.29) is 5.02 Å². The highest BCUT2D eigenvalue weighted by Crippen LogP contribution is 2.22. The molecule has 6 heteroatoms. The summed E-state index contributed by atoms with van der Waals surface area (Å²) in [4.78, 5) is 8.42. The summed E-state index contributed by atoms with van der Waals surface area (Å²) in [5.41, 5.74) is 0.479. The maximum atomic E-state index is 13.7. The van der Waals surface area contributed by atoms with Gasteiger partial charge in [-0.05, 0) is 27.6 Å². The first kappa shape index (κ1) is 13.2. The second-order valence-electron chi connectivity index (χ2n) is 3.62. The molecule has 0 fully saturated rings. The Bertz CT molecular complexity index is 577. The monoisotopic (exact) mass is 329 g/mol. The van der Waals surface area contributed by atoms with Gasteiger partial charge in [0.2, 0.25) is 0 Å². The third-order valence-electron chi connectivity index (χ3n) is 2.41. The predicted octanol–water partition coefficient (Wildman–Crippen LogP) is 3.66. The van der Waals surface area contributed by atoms with Crippen molar-refractivity contribution < 1.29 is 4.39 Å². The summed E-state index contributed by atoms with van der Waals surface area (Å²) in [7, 11) is 1.76. The zero-order chi connectivity index (χ0) is 13.1. The number of anilines is 1. The van der Waals surface area contributed by atoms with E-state index in [1.165, 1.54) is 6.07 Å². The second kappa shape index (κ2) is 5.63. The highest BCUT2D eigenvalue weighted by Gasteiger charge is 2.10. The van der Waals surface area contributed by atoms with Gasteiger partial charge in [-0.15, -0.1) is 0 Å². The number of nitrogens with zero attached hydrogens (tertiary/aromatic N) is 2. The number of nitrogens with one attached hydrogen (secondary N) is 1. The Morgan fingerprint density at radius 2 is 2.22 bits per heavy atom. The predicted molar refractivity (Wildman–Crippen MR) is 73.5 cm³/mol. The van der Waals surface area contributed by atoms with Crippen molar-refractivity contribution in [1.82, 2.24) is 9.97 Å². The van der Waals surface area contributed by atoms with Gasteiger partial charge >= 0.3 is 0 Å². The SMILES string of the molecule is CNc1nc(Cc2cccc(Cl)c2F)ncc1Br. The lowest BCUT2D eigenvalue weighted by molar-refractivity contribution is 0.612. The Morgan fingerprint density at radius 1 is 1.44 bits per heavy atom. The topological polar surface area (TPSA) is 37.8 Å². The van der Waals surface area contributed by atoms with Gasteiger partial charge in [0.05, 0.1) is 9.50 Å². The van der Waals surface area contributed by atoms with E-state index >= 15 is 0 Å². The van der Waals surface area contributed by atoms with Crippen LogP contribution in [0.5, 0.6) is 0 Å². The Morgan fingerprint density at radius 3 is 2.94 bits per heavy atom. The first-order chi connectivity index (χ1) is 8.61. The zero-order valence-electron chi connectivity index (χ0n) is 9.54. The van der Waals surface area contributed by atoms with Crippen LogP contribution in [0.3, 0.4) is 0 Å². The third kappa shape index (κ3) is 2.79. The van der Waals surface area contributed by atoms with E-state index in [1.54, 1.807) is 25.4 Å². The van der Waals surface area contributed by atoms with Crippen LogP contribution in [-0.2, 0) is 6.42 Å². The van der Waals surface area contributed by atoms with Gasteiger partial charge in [-0.2, -0.15) is 0 Å². The molecule has 0 saturated carbocycles. The minimum absolute atomic E-state index is 0.110. The van der Waals surface area contributed by atoms with E-state index in [0.717, 1.165) is 4.47 Å². The van der Waals surface area contributed by atoms with Crippen LogP contribution in [0.15, 0.2) is 28.9 Å². The van der Waals surface area contributed by atoms with Crippen LogP contribution in [0.4, 0.5) is 10.2 Å². The third-order valence-corrected chi connectivity index (χ3v) is 3.28. The summed E-state index contributed by atoms with van der Waals surface area (Å²) in [6, 6.07) is 4.89. The molecule has 1 aromatic heterocycles. The van der Waals surface area contributed by atoms with Crippen LogP contribution < -0.4 is 5.32 Å². The number of hydrogen-bond acceptors (Lipinski definition) is 3. The van der Waals surface area contributed by atoms with Crippen LogP contribution in [-0.4, -0.2) is 17.0 Å². The standard InChI is InChI=1S/C12H10BrClFN3/c1-16-12-8(13)6-17-10(18-12)5-7-3-2-4-9(14)11(7)15/h2-4,6H,5H2,1H3,(H,16,17,18). The molecule has 1 N–H and O–H groups in total. The van der Waals surface area contributed by atoms with Crippen molar-refractivity contribution in [3.63, 3.8) is 0 Å².